The summed E-state index contributed by atoms with van der Waals surface area (Å²) in [6.07, 6.45) is 0.271. The predicted molar refractivity (Wildman–Crippen MR) is 95.5 cm³/mol. The summed E-state index contributed by atoms with van der Waals surface area (Å²) in [6, 6.07) is 15.3. The van der Waals surface area contributed by atoms with Crippen LogP contribution >= 0.6 is 0 Å². The summed E-state index contributed by atoms with van der Waals surface area (Å²) in [5, 5.41) is 2.83. The van der Waals surface area contributed by atoms with Crippen LogP contribution in [0.1, 0.15) is 19.4 Å². The number of nitrogens with zero attached hydrogens (tertiary/aromatic N) is 1. The normalized spacial score (nSPS) is 11.3. The van der Waals surface area contributed by atoms with Crippen LogP contribution in [0, 0.1) is 0 Å². The lowest BCUT2D eigenvalue weighted by Gasteiger charge is -2.19. The molecule has 128 valence electrons. The van der Waals surface area contributed by atoms with E-state index in [9.17, 15) is 13.2 Å². The number of rotatable bonds is 6. The number of amides is 1. The number of anilines is 1. The van der Waals surface area contributed by atoms with Crippen LogP contribution in [0.3, 0.4) is 0 Å². The van der Waals surface area contributed by atoms with Crippen molar-refractivity contribution in [3.8, 4) is 0 Å². The zero-order valence-electron chi connectivity index (χ0n) is 14.1. The molecule has 0 saturated heterocycles. The van der Waals surface area contributed by atoms with Crippen LogP contribution in [-0.2, 0) is 21.2 Å². The van der Waals surface area contributed by atoms with Crippen LogP contribution in [0.5, 0.6) is 0 Å². The molecule has 2 rings (SSSR count). The lowest BCUT2D eigenvalue weighted by Crippen LogP contribution is -2.31. The number of benzene rings is 2. The number of carbonyl (C=O) groups is 1. The molecule has 0 aromatic heterocycles. The van der Waals surface area contributed by atoms with Crippen molar-refractivity contribution in [2.75, 3.05) is 11.4 Å². The van der Waals surface area contributed by atoms with E-state index < -0.39 is 10.0 Å². The molecule has 0 saturated carbocycles. The summed E-state index contributed by atoms with van der Waals surface area (Å²) in [6.45, 7) is 3.81. The molecule has 24 heavy (non-hydrogen) atoms. The monoisotopic (exact) mass is 346 g/mol. The Balaban J connectivity index is 2.14. The molecular formula is C18H22N2O3S. The van der Waals surface area contributed by atoms with Crippen molar-refractivity contribution in [1.82, 2.24) is 5.32 Å². The Morgan fingerprint density at radius 1 is 1.04 bits per heavy atom. The van der Waals surface area contributed by atoms with Gasteiger partial charge in [-0.25, -0.2) is 8.42 Å². The van der Waals surface area contributed by atoms with E-state index in [-0.39, 0.29) is 23.3 Å². The maximum absolute atomic E-state index is 12.6. The average Bonchev–Trinajstić information content (AvgIpc) is 2.55. The summed E-state index contributed by atoms with van der Waals surface area (Å²) in [5.41, 5.74) is 1.38. The van der Waals surface area contributed by atoms with E-state index in [0.29, 0.717) is 5.69 Å². The minimum atomic E-state index is -3.59. The summed E-state index contributed by atoms with van der Waals surface area (Å²) in [5.74, 6) is -0.0528. The molecule has 1 amide bonds. The van der Waals surface area contributed by atoms with Crippen molar-refractivity contribution < 1.29 is 13.2 Å². The Kier molecular flexibility index (Phi) is 5.62. The standard InChI is InChI=1S/C18H22N2O3S/c1-14(2)19-18(21)13-15-9-11-16(12-10-15)20(3)24(22,23)17-7-5-4-6-8-17/h4-12,14H,13H2,1-3H3,(H,19,21). The first-order valence-electron chi connectivity index (χ1n) is 7.73. The number of sulfonamides is 1. The molecule has 0 aliphatic rings. The van der Waals surface area contributed by atoms with Gasteiger partial charge in [0.2, 0.25) is 5.91 Å². The third-order valence-corrected chi connectivity index (χ3v) is 5.32. The first kappa shape index (κ1) is 18.0. The van der Waals surface area contributed by atoms with E-state index in [1.165, 1.54) is 11.4 Å². The second kappa shape index (κ2) is 7.49. The highest BCUT2D eigenvalue weighted by molar-refractivity contribution is 7.92. The number of carbonyl (C=O) groups excluding carboxylic acids is 1. The highest BCUT2D eigenvalue weighted by Gasteiger charge is 2.20. The smallest absolute Gasteiger partial charge is 0.264 e. The van der Waals surface area contributed by atoms with E-state index in [4.69, 9.17) is 0 Å². The van der Waals surface area contributed by atoms with Gasteiger partial charge in [-0.3, -0.25) is 9.10 Å². The molecule has 1 N–H and O–H groups in total. The predicted octanol–water partition coefficient (Wildman–Crippen LogP) is 2.58. The minimum Gasteiger partial charge on any atom is -0.354 e. The molecule has 5 nitrogen and oxygen atoms in total. The largest absolute Gasteiger partial charge is 0.354 e. The molecule has 6 heteroatoms. The number of hydrogen-bond acceptors (Lipinski definition) is 3. The van der Waals surface area contributed by atoms with Crippen LogP contribution in [0.2, 0.25) is 0 Å². The molecule has 2 aromatic carbocycles. The van der Waals surface area contributed by atoms with Crippen molar-refractivity contribution in [3.05, 3.63) is 60.2 Å². The average molecular weight is 346 g/mol. The molecule has 0 spiro atoms. The zero-order valence-corrected chi connectivity index (χ0v) is 14.9. The fourth-order valence-corrected chi connectivity index (χ4v) is 3.49. The number of hydrogen-bond donors (Lipinski definition) is 1. The molecule has 0 radical (unpaired) electrons. The third kappa shape index (κ3) is 4.35. The highest BCUT2D eigenvalue weighted by atomic mass is 32.2. The SMILES string of the molecule is CC(C)NC(=O)Cc1ccc(N(C)S(=O)(=O)c2ccccc2)cc1. The Hall–Kier alpha value is -2.34. The lowest BCUT2D eigenvalue weighted by atomic mass is 10.1. The quantitative estimate of drug-likeness (QED) is 0.874. The van der Waals surface area contributed by atoms with Gasteiger partial charge in [0.15, 0.2) is 0 Å². The molecule has 2 aromatic rings. The van der Waals surface area contributed by atoms with Gasteiger partial charge in [-0.2, -0.15) is 0 Å². The van der Waals surface area contributed by atoms with Gasteiger partial charge >= 0.3 is 0 Å². The highest BCUT2D eigenvalue weighted by Crippen LogP contribution is 2.22. The third-order valence-electron chi connectivity index (χ3n) is 3.52. The zero-order chi connectivity index (χ0) is 17.7. The molecule has 0 bridgehead atoms. The lowest BCUT2D eigenvalue weighted by molar-refractivity contribution is -0.120. The molecular weight excluding hydrogens is 324 g/mol. The van der Waals surface area contributed by atoms with Crippen molar-refractivity contribution in [2.45, 2.75) is 31.2 Å². The summed E-state index contributed by atoms with van der Waals surface area (Å²) in [7, 11) is -2.07. The summed E-state index contributed by atoms with van der Waals surface area (Å²) < 4.78 is 26.4. The van der Waals surface area contributed by atoms with Crippen LogP contribution in [0.4, 0.5) is 5.69 Å². The second-order valence-electron chi connectivity index (χ2n) is 5.85. The van der Waals surface area contributed by atoms with Gasteiger partial charge in [-0.05, 0) is 43.7 Å². The Morgan fingerprint density at radius 2 is 1.62 bits per heavy atom. The van der Waals surface area contributed by atoms with Gasteiger partial charge in [-0.1, -0.05) is 30.3 Å². The van der Waals surface area contributed by atoms with E-state index in [1.807, 2.05) is 13.8 Å². The van der Waals surface area contributed by atoms with E-state index in [1.54, 1.807) is 54.6 Å². The Labute approximate surface area is 143 Å². The van der Waals surface area contributed by atoms with E-state index >= 15 is 0 Å². The molecule has 0 unspecified atom stereocenters. The van der Waals surface area contributed by atoms with Crippen LogP contribution in [0.15, 0.2) is 59.5 Å². The topological polar surface area (TPSA) is 66.5 Å². The van der Waals surface area contributed by atoms with Crippen molar-refractivity contribution in [3.63, 3.8) is 0 Å². The molecule has 0 fully saturated rings. The molecule has 0 aliphatic carbocycles. The van der Waals surface area contributed by atoms with Gasteiger partial charge < -0.3 is 5.32 Å². The van der Waals surface area contributed by atoms with E-state index in [0.717, 1.165) is 5.56 Å². The summed E-state index contributed by atoms with van der Waals surface area (Å²) >= 11 is 0. The first-order chi connectivity index (χ1) is 11.3. The molecule has 0 atom stereocenters. The van der Waals surface area contributed by atoms with E-state index in [2.05, 4.69) is 5.32 Å². The van der Waals surface area contributed by atoms with Gasteiger partial charge in [0.1, 0.15) is 0 Å². The molecule has 0 aliphatic heterocycles. The fourth-order valence-electron chi connectivity index (χ4n) is 2.27. The first-order valence-corrected chi connectivity index (χ1v) is 9.17. The Morgan fingerprint density at radius 3 is 2.17 bits per heavy atom. The second-order valence-corrected chi connectivity index (χ2v) is 7.82. The van der Waals surface area contributed by atoms with Crippen molar-refractivity contribution in [2.24, 2.45) is 0 Å². The van der Waals surface area contributed by atoms with Gasteiger partial charge in [-0.15, -0.1) is 0 Å². The maximum Gasteiger partial charge on any atom is 0.264 e. The summed E-state index contributed by atoms with van der Waals surface area (Å²) in [4.78, 5) is 12.0. The van der Waals surface area contributed by atoms with Gasteiger partial charge in [0.05, 0.1) is 17.0 Å². The minimum absolute atomic E-state index is 0.0528. The molecule has 0 heterocycles. The van der Waals surface area contributed by atoms with Crippen LogP contribution in [0.25, 0.3) is 0 Å². The van der Waals surface area contributed by atoms with Crippen LogP contribution in [-0.4, -0.2) is 27.4 Å². The number of nitrogens with one attached hydrogen (secondary N) is 1. The maximum atomic E-state index is 12.6. The van der Waals surface area contributed by atoms with Crippen LogP contribution < -0.4 is 9.62 Å². The van der Waals surface area contributed by atoms with Gasteiger partial charge in [0, 0.05) is 13.1 Å². The van der Waals surface area contributed by atoms with Gasteiger partial charge in [0.25, 0.3) is 10.0 Å². The van der Waals surface area contributed by atoms with Crippen molar-refractivity contribution in [1.29, 1.82) is 0 Å². The fraction of sp³-hybridized carbons (Fsp3) is 0.278. The van der Waals surface area contributed by atoms with Crippen molar-refractivity contribution >= 4 is 21.6 Å². The Bertz CT molecular complexity index is 785.